The number of amides is 2. The van der Waals surface area contributed by atoms with Crippen LogP contribution in [0.3, 0.4) is 0 Å². The lowest BCUT2D eigenvalue weighted by atomic mass is 9.78. The van der Waals surface area contributed by atoms with Crippen molar-refractivity contribution in [3.05, 3.63) is 56.6 Å². The highest BCUT2D eigenvalue weighted by atomic mass is 16.6. The number of fused-ring (bicyclic) bond motifs is 1. The second-order valence-electron chi connectivity index (χ2n) is 11.1. The van der Waals surface area contributed by atoms with Gasteiger partial charge in [-0.2, -0.15) is 0 Å². The van der Waals surface area contributed by atoms with E-state index < -0.39 is 33.4 Å². The zero-order chi connectivity index (χ0) is 25.8. The summed E-state index contributed by atoms with van der Waals surface area (Å²) in [6, 6.07) is 5.88. The van der Waals surface area contributed by atoms with Crippen molar-refractivity contribution in [3.8, 4) is 5.75 Å². The van der Waals surface area contributed by atoms with Crippen LogP contribution in [0.15, 0.2) is 24.3 Å². The predicted octanol–water partition coefficient (Wildman–Crippen LogP) is 5.94. The number of nitro benzene ring substituents is 1. The van der Waals surface area contributed by atoms with E-state index in [1.807, 2.05) is 41.5 Å². The molecule has 9 heteroatoms. The van der Waals surface area contributed by atoms with Crippen molar-refractivity contribution in [3.63, 3.8) is 0 Å². The highest BCUT2D eigenvalue weighted by Gasteiger charge is 2.36. The van der Waals surface area contributed by atoms with E-state index in [4.69, 9.17) is 4.74 Å². The van der Waals surface area contributed by atoms with Gasteiger partial charge in [-0.05, 0) is 42.9 Å². The number of carbonyl (C=O) groups excluding carboxylic acids is 2. The van der Waals surface area contributed by atoms with Gasteiger partial charge in [0.15, 0.2) is 0 Å². The number of nitrogens with zero attached hydrogens (tertiary/aromatic N) is 1. The molecule has 3 rings (SSSR count). The summed E-state index contributed by atoms with van der Waals surface area (Å²) >= 11 is 0. The molecule has 1 heterocycles. The van der Waals surface area contributed by atoms with Crippen molar-refractivity contribution in [1.82, 2.24) is 0 Å². The largest absolute Gasteiger partial charge is 0.507 e. The standard InChI is InChI=1S/C25H31N3O6/c1-23(2,3)15-9-13(10-16(20(15)29)24(4,5)6)21(30)26-18-11-14-17(12-19(18)28(32)33)27-22(31)34-25(14,7)8/h9-12,29H,1-8H3,(H,26,30)(H,27,31). The number of phenols is 1. The van der Waals surface area contributed by atoms with Crippen LogP contribution >= 0.6 is 0 Å². The topological polar surface area (TPSA) is 131 Å². The normalized spacial score (nSPS) is 15.1. The molecule has 0 radical (unpaired) electrons. The van der Waals surface area contributed by atoms with Gasteiger partial charge in [-0.25, -0.2) is 4.79 Å². The Morgan fingerprint density at radius 3 is 2.06 bits per heavy atom. The Hall–Kier alpha value is -3.62. The molecule has 2 aromatic carbocycles. The molecule has 0 saturated heterocycles. The van der Waals surface area contributed by atoms with Crippen LogP contribution in [0, 0.1) is 10.1 Å². The number of hydrogen-bond acceptors (Lipinski definition) is 6. The third kappa shape index (κ3) is 4.69. The first-order valence-electron chi connectivity index (χ1n) is 10.9. The first-order valence-corrected chi connectivity index (χ1v) is 10.9. The van der Waals surface area contributed by atoms with Crippen molar-refractivity contribution in [2.24, 2.45) is 0 Å². The van der Waals surface area contributed by atoms with E-state index in [1.165, 1.54) is 12.1 Å². The molecule has 0 bridgehead atoms. The number of ether oxygens (including phenoxy) is 1. The van der Waals surface area contributed by atoms with Crippen LogP contribution in [-0.2, 0) is 21.2 Å². The number of rotatable bonds is 3. The average Bonchev–Trinajstić information content (AvgIpc) is 2.65. The molecule has 0 atom stereocenters. The van der Waals surface area contributed by atoms with Crippen molar-refractivity contribution in [2.45, 2.75) is 71.8 Å². The van der Waals surface area contributed by atoms with E-state index in [9.17, 15) is 24.8 Å². The SMILES string of the molecule is CC(C)(C)c1cc(C(=O)Nc2cc3c(cc2[N+](=O)[O-])NC(=O)OC3(C)C)cc(C(C)(C)C)c1O. The molecule has 2 aromatic rings. The average molecular weight is 470 g/mol. The fraction of sp³-hybridized carbons (Fsp3) is 0.440. The minimum Gasteiger partial charge on any atom is -0.507 e. The van der Waals surface area contributed by atoms with E-state index in [0.29, 0.717) is 16.7 Å². The summed E-state index contributed by atoms with van der Waals surface area (Å²) in [5, 5.41) is 27.8. The van der Waals surface area contributed by atoms with Gasteiger partial charge in [-0.15, -0.1) is 0 Å². The number of nitrogens with one attached hydrogen (secondary N) is 2. The maximum atomic E-state index is 13.3. The number of phenolic OH excluding ortho intramolecular Hbond substituents is 1. The summed E-state index contributed by atoms with van der Waals surface area (Å²) < 4.78 is 5.30. The number of cyclic esters (lactones) is 1. The summed E-state index contributed by atoms with van der Waals surface area (Å²) in [7, 11) is 0. The van der Waals surface area contributed by atoms with Gasteiger partial charge < -0.3 is 15.2 Å². The number of carbonyl (C=O) groups is 2. The van der Waals surface area contributed by atoms with E-state index in [1.54, 1.807) is 26.0 Å². The van der Waals surface area contributed by atoms with Gasteiger partial charge >= 0.3 is 6.09 Å². The van der Waals surface area contributed by atoms with E-state index in [0.717, 1.165) is 0 Å². The third-order valence-electron chi connectivity index (χ3n) is 5.80. The van der Waals surface area contributed by atoms with Crippen LogP contribution in [-0.4, -0.2) is 22.0 Å². The Labute approximate surface area is 198 Å². The van der Waals surface area contributed by atoms with Crippen LogP contribution in [0.25, 0.3) is 0 Å². The van der Waals surface area contributed by atoms with Crippen LogP contribution in [0.4, 0.5) is 21.9 Å². The van der Waals surface area contributed by atoms with Gasteiger partial charge in [0, 0.05) is 28.3 Å². The van der Waals surface area contributed by atoms with Gasteiger partial charge in [0.05, 0.1) is 10.6 Å². The molecule has 0 fully saturated rings. The number of benzene rings is 2. The number of anilines is 2. The second kappa shape index (κ2) is 8.00. The Morgan fingerprint density at radius 1 is 1.06 bits per heavy atom. The minimum atomic E-state index is -1.05. The number of nitro groups is 1. The lowest BCUT2D eigenvalue weighted by Gasteiger charge is -2.32. The van der Waals surface area contributed by atoms with Gasteiger partial charge in [0.1, 0.15) is 17.0 Å². The molecule has 0 unspecified atom stereocenters. The Kier molecular flexibility index (Phi) is 5.89. The molecule has 182 valence electrons. The van der Waals surface area contributed by atoms with Crippen LogP contribution in [0.2, 0.25) is 0 Å². The summed E-state index contributed by atoms with van der Waals surface area (Å²) in [6.45, 7) is 14.9. The molecule has 1 aliphatic heterocycles. The highest BCUT2D eigenvalue weighted by molar-refractivity contribution is 6.06. The third-order valence-corrected chi connectivity index (χ3v) is 5.80. The van der Waals surface area contributed by atoms with E-state index >= 15 is 0 Å². The highest BCUT2D eigenvalue weighted by Crippen LogP contribution is 2.42. The first kappa shape index (κ1) is 25.0. The van der Waals surface area contributed by atoms with Crippen molar-refractivity contribution in [1.29, 1.82) is 0 Å². The second-order valence-corrected chi connectivity index (χ2v) is 11.1. The number of aromatic hydroxyl groups is 1. The van der Waals surface area contributed by atoms with Crippen LogP contribution in [0.5, 0.6) is 5.75 Å². The Balaban J connectivity index is 2.13. The monoisotopic (exact) mass is 469 g/mol. The van der Waals surface area contributed by atoms with Crippen molar-refractivity contribution < 1.29 is 24.4 Å². The van der Waals surface area contributed by atoms with Gasteiger partial charge in [0.2, 0.25) is 0 Å². The molecule has 0 saturated carbocycles. The maximum Gasteiger partial charge on any atom is 0.412 e. The molecule has 0 aliphatic carbocycles. The van der Waals surface area contributed by atoms with Gasteiger partial charge in [-0.3, -0.25) is 20.2 Å². The lowest BCUT2D eigenvalue weighted by Crippen LogP contribution is -2.35. The van der Waals surface area contributed by atoms with Crippen molar-refractivity contribution in [2.75, 3.05) is 10.6 Å². The van der Waals surface area contributed by atoms with Crippen molar-refractivity contribution >= 4 is 29.1 Å². The maximum absolute atomic E-state index is 13.3. The molecule has 9 nitrogen and oxygen atoms in total. The summed E-state index contributed by atoms with van der Waals surface area (Å²) in [5.74, 6) is -0.427. The molecule has 0 spiro atoms. The van der Waals surface area contributed by atoms with E-state index in [2.05, 4.69) is 10.6 Å². The van der Waals surface area contributed by atoms with Crippen LogP contribution < -0.4 is 10.6 Å². The lowest BCUT2D eigenvalue weighted by molar-refractivity contribution is -0.383. The first-order chi connectivity index (χ1) is 15.4. The van der Waals surface area contributed by atoms with Gasteiger partial charge in [-0.1, -0.05) is 41.5 Å². The molecular weight excluding hydrogens is 438 g/mol. The molecule has 34 heavy (non-hydrogen) atoms. The zero-order valence-electron chi connectivity index (χ0n) is 20.7. The molecule has 0 aromatic heterocycles. The Bertz CT molecular complexity index is 1170. The molecular formula is C25H31N3O6. The quantitative estimate of drug-likeness (QED) is 0.376. The summed E-state index contributed by atoms with van der Waals surface area (Å²) in [5.41, 5.74) is -0.127. The van der Waals surface area contributed by atoms with E-state index in [-0.39, 0.29) is 28.4 Å². The number of hydrogen-bond donors (Lipinski definition) is 3. The zero-order valence-corrected chi connectivity index (χ0v) is 20.7. The molecule has 3 N–H and O–H groups in total. The summed E-state index contributed by atoms with van der Waals surface area (Å²) in [6.07, 6.45) is -0.711. The van der Waals surface area contributed by atoms with Crippen LogP contribution in [0.1, 0.15) is 82.4 Å². The fourth-order valence-electron chi connectivity index (χ4n) is 3.97. The predicted molar refractivity (Wildman–Crippen MR) is 130 cm³/mol. The summed E-state index contributed by atoms with van der Waals surface area (Å²) in [4.78, 5) is 36.3. The molecule has 2 amide bonds. The smallest absolute Gasteiger partial charge is 0.412 e. The Morgan fingerprint density at radius 2 is 1.59 bits per heavy atom. The fourth-order valence-corrected chi connectivity index (χ4v) is 3.97. The minimum absolute atomic E-state index is 0.0238. The molecule has 1 aliphatic rings. The van der Waals surface area contributed by atoms with Gasteiger partial charge in [0.25, 0.3) is 11.6 Å².